The van der Waals surface area contributed by atoms with E-state index in [1.165, 1.54) is 21.6 Å². The molecule has 5 heteroatoms. The highest BCUT2D eigenvalue weighted by molar-refractivity contribution is 7.71. The number of nitrogens with zero attached hydrogens (tertiary/aromatic N) is 2. The van der Waals surface area contributed by atoms with E-state index in [4.69, 9.17) is 12.2 Å². The third-order valence-electron chi connectivity index (χ3n) is 4.69. The number of aromatic amines is 1. The summed E-state index contributed by atoms with van der Waals surface area (Å²) in [7, 11) is 0. The van der Waals surface area contributed by atoms with Crippen molar-refractivity contribution in [2.75, 3.05) is 6.54 Å². The minimum absolute atomic E-state index is 0.622. The Bertz CT molecular complexity index is 908. The number of hydrogen-bond acceptors (Lipinski definition) is 2. The molecule has 1 aliphatic heterocycles. The minimum Gasteiger partial charge on any atom is -0.312 e. The van der Waals surface area contributed by atoms with Gasteiger partial charge in [-0.2, -0.15) is 4.98 Å². The fourth-order valence-corrected chi connectivity index (χ4v) is 3.51. The number of hydrogen-bond donors (Lipinski definition) is 2. The quantitative estimate of drug-likeness (QED) is 0.721. The molecule has 0 saturated carbocycles. The van der Waals surface area contributed by atoms with Crippen LogP contribution in [0.2, 0.25) is 0 Å². The topological polar surface area (TPSA) is 38.0 Å². The van der Waals surface area contributed by atoms with E-state index in [1.54, 1.807) is 0 Å². The van der Waals surface area contributed by atoms with Gasteiger partial charge in [0.2, 0.25) is 4.77 Å². The second kappa shape index (κ2) is 6.34. The van der Waals surface area contributed by atoms with Gasteiger partial charge < -0.3 is 4.90 Å². The molecule has 1 unspecified atom stereocenters. The number of H-pyrrole nitrogens is 1. The lowest BCUT2D eigenvalue weighted by atomic mass is 10.0. The molecular formula is C19H21N4S+. The molecule has 3 aromatic rings. The number of aromatic nitrogens is 3. The molecule has 0 fully saturated rings. The first-order chi connectivity index (χ1) is 11.7. The second-order valence-corrected chi connectivity index (χ2v) is 6.87. The maximum absolute atomic E-state index is 5.45. The molecule has 122 valence electrons. The van der Waals surface area contributed by atoms with E-state index >= 15 is 0 Å². The monoisotopic (exact) mass is 337 g/mol. The SMILES string of the molecule is Cc1ccc(-c2nc(=S)n(C[NH+]3CCc4ccccc4C3)[nH]2)cc1. The van der Waals surface area contributed by atoms with Crippen LogP contribution >= 0.6 is 12.2 Å². The number of rotatable bonds is 3. The van der Waals surface area contributed by atoms with Gasteiger partial charge in [-0.25, -0.2) is 4.68 Å². The lowest BCUT2D eigenvalue weighted by molar-refractivity contribution is -0.939. The standard InChI is InChI=1S/C19H20N4S/c1-14-6-8-16(9-7-14)18-20-19(24)23(21-18)13-22-11-10-15-4-2-3-5-17(15)12-22/h2-9H,10-13H2,1H3,(H,20,21,24)/p+1. The van der Waals surface area contributed by atoms with Gasteiger partial charge in [0, 0.05) is 17.5 Å². The molecule has 0 radical (unpaired) electrons. The van der Waals surface area contributed by atoms with E-state index in [1.807, 2.05) is 4.68 Å². The molecule has 0 amide bonds. The van der Waals surface area contributed by atoms with Crippen molar-refractivity contribution in [1.29, 1.82) is 0 Å². The van der Waals surface area contributed by atoms with Gasteiger partial charge >= 0.3 is 0 Å². The van der Waals surface area contributed by atoms with E-state index in [0.29, 0.717) is 4.77 Å². The fourth-order valence-electron chi connectivity index (χ4n) is 3.31. The van der Waals surface area contributed by atoms with Crippen LogP contribution in [0.4, 0.5) is 0 Å². The van der Waals surface area contributed by atoms with Crippen LogP contribution in [0.25, 0.3) is 11.4 Å². The predicted molar refractivity (Wildman–Crippen MR) is 97.3 cm³/mol. The summed E-state index contributed by atoms with van der Waals surface area (Å²) in [5.41, 5.74) is 5.25. The Morgan fingerprint density at radius 3 is 2.67 bits per heavy atom. The summed E-state index contributed by atoms with van der Waals surface area (Å²) in [4.78, 5) is 6.03. The van der Waals surface area contributed by atoms with Crippen LogP contribution in [0.1, 0.15) is 16.7 Å². The van der Waals surface area contributed by atoms with Gasteiger partial charge in [-0.15, -0.1) is 0 Å². The van der Waals surface area contributed by atoms with Gasteiger partial charge in [0.15, 0.2) is 12.5 Å². The van der Waals surface area contributed by atoms with Gasteiger partial charge in [-0.3, -0.25) is 5.10 Å². The van der Waals surface area contributed by atoms with E-state index < -0.39 is 0 Å². The van der Waals surface area contributed by atoms with Crippen molar-refractivity contribution in [1.82, 2.24) is 14.8 Å². The summed E-state index contributed by atoms with van der Waals surface area (Å²) >= 11 is 5.45. The highest BCUT2D eigenvalue weighted by atomic mass is 32.1. The van der Waals surface area contributed by atoms with Gasteiger partial charge in [0.25, 0.3) is 0 Å². The van der Waals surface area contributed by atoms with Crippen LogP contribution in [-0.2, 0) is 19.6 Å². The Labute approximate surface area is 146 Å². The molecule has 2 heterocycles. The average Bonchev–Trinajstić information content (AvgIpc) is 2.96. The lowest BCUT2D eigenvalue weighted by Crippen LogP contribution is -3.11. The van der Waals surface area contributed by atoms with Crippen molar-refractivity contribution < 1.29 is 4.90 Å². The minimum atomic E-state index is 0.622. The van der Waals surface area contributed by atoms with E-state index in [0.717, 1.165) is 37.6 Å². The second-order valence-electron chi connectivity index (χ2n) is 6.50. The largest absolute Gasteiger partial charge is 0.312 e. The summed E-state index contributed by atoms with van der Waals surface area (Å²) in [6.45, 7) is 5.07. The Hall–Kier alpha value is -2.24. The van der Waals surface area contributed by atoms with Crippen LogP contribution in [0.3, 0.4) is 0 Å². The lowest BCUT2D eigenvalue weighted by Gasteiger charge is -2.25. The molecule has 0 spiro atoms. The molecule has 2 aromatic carbocycles. The van der Waals surface area contributed by atoms with Crippen LogP contribution in [-0.4, -0.2) is 21.3 Å². The van der Waals surface area contributed by atoms with E-state index in [-0.39, 0.29) is 0 Å². The Balaban J connectivity index is 1.54. The van der Waals surface area contributed by atoms with Crippen molar-refractivity contribution in [3.05, 3.63) is 70.0 Å². The summed E-state index contributed by atoms with van der Waals surface area (Å²) in [5, 5.41) is 3.37. The molecule has 1 atom stereocenters. The normalized spacial score (nSPS) is 16.8. The smallest absolute Gasteiger partial charge is 0.221 e. The number of fused-ring (bicyclic) bond motifs is 1. The molecule has 2 N–H and O–H groups in total. The first-order valence-corrected chi connectivity index (χ1v) is 8.74. The third kappa shape index (κ3) is 3.05. The first kappa shape index (κ1) is 15.3. The Kier molecular flexibility index (Phi) is 4.04. The summed E-state index contributed by atoms with van der Waals surface area (Å²) in [6.07, 6.45) is 1.12. The molecule has 1 aliphatic rings. The zero-order valence-electron chi connectivity index (χ0n) is 13.7. The number of benzene rings is 2. The van der Waals surface area contributed by atoms with Crippen molar-refractivity contribution in [3.63, 3.8) is 0 Å². The maximum atomic E-state index is 5.45. The highest BCUT2D eigenvalue weighted by Crippen LogP contribution is 2.15. The molecule has 0 saturated heterocycles. The van der Waals surface area contributed by atoms with Crippen LogP contribution in [0.15, 0.2) is 48.5 Å². The highest BCUT2D eigenvalue weighted by Gasteiger charge is 2.19. The molecule has 0 bridgehead atoms. The zero-order valence-corrected chi connectivity index (χ0v) is 14.6. The zero-order chi connectivity index (χ0) is 16.5. The first-order valence-electron chi connectivity index (χ1n) is 8.33. The van der Waals surface area contributed by atoms with Gasteiger partial charge in [0.1, 0.15) is 6.54 Å². The summed E-state index contributed by atoms with van der Waals surface area (Å²) < 4.78 is 2.62. The molecular weight excluding hydrogens is 316 g/mol. The number of nitrogens with one attached hydrogen (secondary N) is 2. The van der Waals surface area contributed by atoms with Crippen molar-refractivity contribution in [2.45, 2.75) is 26.6 Å². The van der Waals surface area contributed by atoms with Crippen LogP contribution in [0, 0.1) is 11.7 Å². The molecule has 0 aliphatic carbocycles. The van der Waals surface area contributed by atoms with E-state index in [2.05, 4.69) is 65.5 Å². The fraction of sp³-hybridized carbons (Fsp3) is 0.263. The van der Waals surface area contributed by atoms with Crippen molar-refractivity contribution in [3.8, 4) is 11.4 Å². The predicted octanol–water partition coefficient (Wildman–Crippen LogP) is 2.51. The van der Waals surface area contributed by atoms with E-state index in [9.17, 15) is 0 Å². The molecule has 24 heavy (non-hydrogen) atoms. The summed E-state index contributed by atoms with van der Waals surface area (Å²) in [6, 6.07) is 17.1. The number of quaternary nitrogens is 1. The van der Waals surface area contributed by atoms with Gasteiger partial charge in [0.05, 0.1) is 6.54 Å². The molecule has 4 nitrogen and oxygen atoms in total. The molecule has 4 rings (SSSR count). The average molecular weight is 337 g/mol. The van der Waals surface area contributed by atoms with Crippen molar-refractivity contribution >= 4 is 12.2 Å². The van der Waals surface area contributed by atoms with Crippen LogP contribution in [0.5, 0.6) is 0 Å². The number of aryl methyl sites for hydroxylation is 1. The van der Waals surface area contributed by atoms with Crippen molar-refractivity contribution in [2.24, 2.45) is 0 Å². The van der Waals surface area contributed by atoms with Gasteiger partial charge in [-0.05, 0) is 24.7 Å². The Morgan fingerprint density at radius 1 is 1.12 bits per heavy atom. The summed E-state index contributed by atoms with van der Waals surface area (Å²) in [5.74, 6) is 0.844. The maximum Gasteiger partial charge on any atom is 0.221 e. The Morgan fingerprint density at radius 2 is 1.88 bits per heavy atom. The molecule has 1 aromatic heterocycles. The third-order valence-corrected chi connectivity index (χ3v) is 5.00. The van der Waals surface area contributed by atoms with Crippen LogP contribution < -0.4 is 4.90 Å². The van der Waals surface area contributed by atoms with Gasteiger partial charge in [-0.1, -0.05) is 54.1 Å².